The van der Waals surface area contributed by atoms with E-state index in [9.17, 15) is 87.1 Å². The van der Waals surface area contributed by atoms with Gasteiger partial charge >= 0.3 is 16.5 Å². The van der Waals surface area contributed by atoms with Gasteiger partial charge in [0, 0.05) is 71.6 Å². The lowest BCUT2D eigenvalue weighted by Crippen LogP contribution is -2.64. The van der Waals surface area contributed by atoms with Crippen LogP contribution >= 0.6 is 0 Å². The number of aliphatic hydroxyl groups is 6. The molecule has 3 aliphatic heterocycles. The van der Waals surface area contributed by atoms with Crippen LogP contribution in [-0.2, 0) is 59.9 Å². The first-order valence-electron chi connectivity index (χ1n) is 24.6. The number of benzene rings is 1. The molecule has 0 aromatic heterocycles. The molecule has 3 saturated heterocycles. The monoisotopic (exact) mass is 1120 g/mol. The van der Waals surface area contributed by atoms with E-state index >= 15 is 0 Å². The molecule has 0 spiro atoms. The molecule has 13 atom stereocenters. The Kier molecular flexibility index (Phi) is 22.7. The maximum atomic E-state index is 14.8. The number of ether oxygens (including phenoxy) is 2. The van der Waals surface area contributed by atoms with Crippen LogP contribution in [0.15, 0.2) is 18.2 Å². The van der Waals surface area contributed by atoms with E-state index < -0.39 is 199 Å². The minimum atomic E-state index is -5.23. The molecule has 14 N–H and O–H groups in total. The molecule has 0 saturated carbocycles. The fourth-order valence-electron chi connectivity index (χ4n) is 8.72. The Morgan fingerprint density at radius 1 is 0.857 bits per heavy atom. The van der Waals surface area contributed by atoms with Crippen molar-refractivity contribution in [1.82, 2.24) is 46.6 Å². The zero-order valence-electron chi connectivity index (χ0n) is 43.7. The van der Waals surface area contributed by atoms with Crippen molar-refractivity contribution in [2.45, 2.75) is 139 Å². The summed E-state index contributed by atoms with van der Waals surface area (Å²) in [5.74, 6) is -10.9. The van der Waals surface area contributed by atoms with Gasteiger partial charge in [-0.05, 0) is 52.4 Å². The summed E-state index contributed by atoms with van der Waals surface area (Å²) < 4.78 is 47.1. The molecule has 4 rings (SSSR count). The Balaban J connectivity index is 1.86. The number of alkyl carbamates (subject to hydrolysis) is 1. The van der Waals surface area contributed by atoms with Crippen LogP contribution in [0.5, 0.6) is 11.5 Å². The number of hydrogen-bond acceptors (Lipinski definition) is 21. The maximum absolute atomic E-state index is 14.8. The summed E-state index contributed by atoms with van der Waals surface area (Å²) in [6.45, 7) is 6.51. The minimum Gasteiger partial charge on any atom is -0.504 e. The summed E-state index contributed by atoms with van der Waals surface area (Å²) in [6, 6.07) is -9.00. The lowest BCUT2D eigenvalue weighted by Gasteiger charge is -2.34. The number of aromatic hydroxyl groups is 1. The van der Waals surface area contributed by atoms with Crippen molar-refractivity contribution in [2.24, 2.45) is 5.92 Å². The highest BCUT2D eigenvalue weighted by Crippen LogP contribution is 2.30. The predicted molar refractivity (Wildman–Crippen MR) is 264 cm³/mol. The summed E-state index contributed by atoms with van der Waals surface area (Å²) in [5.41, 5.74) is -1.24. The van der Waals surface area contributed by atoms with E-state index in [-0.39, 0.29) is 12.1 Å². The van der Waals surface area contributed by atoms with E-state index in [4.69, 9.17) is 9.47 Å². The zero-order chi connectivity index (χ0) is 57.9. The molecule has 8 amide bonds. The number of fused-ring (bicyclic) bond motifs is 2. The number of phenols is 1. The van der Waals surface area contributed by atoms with Crippen molar-refractivity contribution in [3.05, 3.63) is 23.8 Å². The quantitative estimate of drug-likeness (QED) is 0.0685. The Hall–Kier alpha value is -6.03. The minimum absolute atomic E-state index is 0.0323. The third kappa shape index (κ3) is 18.6. The number of amides is 8. The highest BCUT2D eigenvalue weighted by molar-refractivity contribution is 7.81. The summed E-state index contributed by atoms with van der Waals surface area (Å²) in [7, 11) is -1.99. The predicted octanol–water partition coefficient (Wildman–Crippen LogP) is -6.30. The van der Waals surface area contributed by atoms with Crippen LogP contribution in [0.25, 0.3) is 0 Å². The van der Waals surface area contributed by atoms with Gasteiger partial charge in [-0.25, -0.2) is 4.79 Å². The lowest BCUT2D eigenvalue weighted by molar-refractivity contribution is -0.147. The number of rotatable bonds is 16. The molecule has 0 aliphatic carbocycles. The molecule has 30 nitrogen and oxygen atoms in total. The van der Waals surface area contributed by atoms with Crippen molar-refractivity contribution in [1.29, 1.82) is 0 Å². The van der Waals surface area contributed by atoms with Crippen LogP contribution in [0.4, 0.5) is 4.79 Å². The first-order chi connectivity index (χ1) is 35.8. The van der Waals surface area contributed by atoms with E-state index in [0.717, 1.165) is 34.9 Å². The van der Waals surface area contributed by atoms with Crippen LogP contribution in [0, 0.1) is 5.92 Å². The molecular weight excluding hydrogens is 1050 g/mol. The largest absolute Gasteiger partial charge is 0.504 e. The van der Waals surface area contributed by atoms with Gasteiger partial charge in [0.1, 0.15) is 41.9 Å². The Morgan fingerprint density at radius 2 is 1.49 bits per heavy atom. The van der Waals surface area contributed by atoms with Gasteiger partial charge in [-0.1, -0.05) is 13.0 Å². The van der Waals surface area contributed by atoms with Crippen molar-refractivity contribution in [3.63, 3.8) is 0 Å². The molecule has 77 heavy (non-hydrogen) atoms. The number of phenolic OH excluding ortho intramolecular Hbond substituents is 1. The molecule has 3 heterocycles. The number of methoxy groups -OCH3 is 1. The molecule has 1 aromatic carbocycles. The third-order valence-electron chi connectivity index (χ3n) is 12.7. The van der Waals surface area contributed by atoms with E-state index in [0.29, 0.717) is 19.7 Å². The highest BCUT2D eigenvalue weighted by atomic mass is 32.3. The number of nitrogens with zero attached hydrogens (tertiary/aromatic N) is 3. The Morgan fingerprint density at radius 3 is 2.12 bits per heavy atom. The number of carbonyl (C=O) groups is 8. The van der Waals surface area contributed by atoms with E-state index in [1.807, 2.05) is 4.90 Å². The molecule has 0 bridgehead atoms. The summed E-state index contributed by atoms with van der Waals surface area (Å²) >= 11 is 0. The van der Waals surface area contributed by atoms with Crippen LogP contribution in [0.1, 0.15) is 59.4 Å². The molecular formula is C46H73N9O21S. The van der Waals surface area contributed by atoms with Gasteiger partial charge in [0.2, 0.25) is 41.4 Å². The summed E-state index contributed by atoms with van der Waals surface area (Å²) in [4.78, 5) is 116. The molecule has 31 heteroatoms. The normalized spacial score (nSPS) is 27.7. The highest BCUT2D eigenvalue weighted by Gasteiger charge is 2.50. The van der Waals surface area contributed by atoms with Crippen LogP contribution in [0.3, 0.4) is 0 Å². The van der Waals surface area contributed by atoms with E-state index in [1.165, 1.54) is 34.8 Å². The second kappa shape index (κ2) is 27.5. The maximum Gasteiger partial charge on any atom is 0.446 e. The Labute approximate surface area is 444 Å². The van der Waals surface area contributed by atoms with Crippen molar-refractivity contribution >= 4 is 57.8 Å². The molecule has 434 valence electrons. The van der Waals surface area contributed by atoms with Crippen LogP contribution < -0.4 is 36.1 Å². The summed E-state index contributed by atoms with van der Waals surface area (Å²) in [6.07, 6.45) is -15.0. The zero-order valence-corrected chi connectivity index (χ0v) is 44.5. The fourth-order valence-corrected chi connectivity index (χ4v) is 9.08. The van der Waals surface area contributed by atoms with Gasteiger partial charge in [-0.3, -0.25) is 38.1 Å². The van der Waals surface area contributed by atoms with Gasteiger partial charge < -0.3 is 96.0 Å². The van der Waals surface area contributed by atoms with Crippen molar-refractivity contribution in [2.75, 3.05) is 60.0 Å². The molecule has 3 fully saturated rings. The Bertz CT molecular complexity index is 2390. The number of hydrogen-bond donors (Lipinski definition) is 14. The van der Waals surface area contributed by atoms with Gasteiger partial charge in [-0.2, -0.15) is 8.42 Å². The smallest absolute Gasteiger partial charge is 0.446 e. The fraction of sp³-hybridized carbons (Fsp3) is 0.696. The van der Waals surface area contributed by atoms with E-state index in [1.54, 1.807) is 7.05 Å². The first-order valence-corrected chi connectivity index (χ1v) is 26.0. The van der Waals surface area contributed by atoms with Crippen LogP contribution in [0.2, 0.25) is 0 Å². The van der Waals surface area contributed by atoms with Crippen molar-refractivity contribution in [3.8, 4) is 11.5 Å². The molecule has 0 radical (unpaired) electrons. The standard InChI is InChI=1S/C46H73N9O21S/c1-22-20-55-37(38(22)63)42(67)48-19-25(57)16-27(49-45(70)75-46(3,4)5)39(64)50-34(23(2)56)43(68)54-21-26(58)17-28(54)40(65)51-35(30(60)14-24-8-9-29(59)32(15-24)76-77(71,72)73)41(66)52-36(44(55)69)31(61)18-33(62)47-10-11-53(6)12-13-74-7/h8-9,15,22-23,25-28,30-31,34-38,56-61,63H,10-14,16-21H2,1-7H3,(H,47,62)(H,48,67)(H,49,70)(H,50,64)(H,51,65)(H,52,66)(H,71,72,73)/t22-,23+,25+,26+,27+,28-,30+,31+,34?,35-,36-,37-,38-/m0/s1. The number of carbonyl (C=O) groups excluding carboxylic acids is 8. The number of nitrogens with one attached hydrogen (secondary N) is 6. The molecule has 1 unspecified atom stereocenters. The first kappa shape index (κ1) is 63.5. The lowest BCUT2D eigenvalue weighted by atomic mass is 9.98. The van der Waals surface area contributed by atoms with Gasteiger partial charge in [0.15, 0.2) is 11.5 Å². The third-order valence-corrected chi connectivity index (χ3v) is 13.1. The second-order valence-corrected chi connectivity index (χ2v) is 21.4. The number of aliphatic hydroxyl groups excluding tert-OH is 6. The SMILES string of the molecule is COCCN(C)CCNC(=O)C[C@@H](O)[C@@H]1NC(=O)[C@H]([C@H](O)Cc2ccc(O)c(OS(=O)(=O)O)c2)NC(=O)[C@@H]2C[C@@H](O)CN2C(=O)C([C@@H](C)O)NC(=O)[C@H](NC(=O)OC(C)(C)C)C[C@@H](O)CNC(=O)[C@@H]2[C@@H](O)[C@@H](C)CN2C1=O. The number of β-amino-alcohol motifs (C(OH)–C–C–N with tert-alkyl or cyclic N) is 1. The topological polar surface area (TPSA) is 442 Å². The van der Waals surface area contributed by atoms with Crippen LogP contribution in [-0.4, -0.2) is 249 Å². The molecule has 3 aliphatic rings. The second-order valence-electron chi connectivity index (χ2n) is 20.3. The van der Waals surface area contributed by atoms with E-state index in [2.05, 4.69) is 36.1 Å². The number of likely N-dealkylation sites (N-methyl/N-ethyl adjacent to an activating group) is 1. The van der Waals surface area contributed by atoms with Crippen molar-refractivity contribution < 1.29 is 101 Å². The molecule has 1 aromatic rings. The van der Waals surface area contributed by atoms with Gasteiger partial charge in [0.05, 0.1) is 49.7 Å². The average molecular weight is 1120 g/mol. The van der Waals surface area contributed by atoms with Gasteiger partial charge in [0.25, 0.3) is 0 Å². The average Bonchev–Trinajstić information content (AvgIpc) is 3.86. The summed E-state index contributed by atoms with van der Waals surface area (Å²) in [5, 5.41) is 92.3. The van der Waals surface area contributed by atoms with Gasteiger partial charge in [-0.15, -0.1) is 0 Å².